The maximum absolute atomic E-state index is 11.8. The highest BCUT2D eigenvalue weighted by Gasteiger charge is 2.18. The van der Waals surface area contributed by atoms with Crippen molar-refractivity contribution in [1.29, 1.82) is 0 Å². The van der Waals surface area contributed by atoms with Crippen LogP contribution in [0.4, 0.5) is 0 Å². The Morgan fingerprint density at radius 2 is 2.03 bits per heavy atom. The summed E-state index contributed by atoms with van der Waals surface area (Å²) in [7, 11) is 1.57. The highest BCUT2D eigenvalue weighted by molar-refractivity contribution is 6.15. The molecule has 1 amide bonds. The van der Waals surface area contributed by atoms with Crippen molar-refractivity contribution < 1.29 is 14.3 Å². The monoisotopic (exact) mass is 419 g/mol. The molecule has 0 bridgehead atoms. The zero-order valence-electron chi connectivity index (χ0n) is 17.8. The number of carbonyl (C=O) groups is 1. The molecule has 3 aromatic rings. The van der Waals surface area contributed by atoms with E-state index < -0.39 is 0 Å². The van der Waals surface area contributed by atoms with E-state index in [0.717, 1.165) is 34.3 Å². The Hall–Kier alpha value is -3.68. The molecular formula is C23H25N5O3. The number of nitrogens with zero attached hydrogens (tertiary/aromatic N) is 3. The van der Waals surface area contributed by atoms with Crippen LogP contribution < -0.4 is 14.8 Å². The number of carbonyl (C=O) groups excluding carboxylic acids is 1. The summed E-state index contributed by atoms with van der Waals surface area (Å²) < 4.78 is 11.1. The van der Waals surface area contributed by atoms with Gasteiger partial charge < -0.3 is 14.8 Å². The fraction of sp³-hybridized carbons (Fsp3) is 0.304. The number of benzene rings is 2. The zero-order valence-corrected chi connectivity index (χ0v) is 17.8. The number of H-pyrrole nitrogens is 1. The summed E-state index contributed by atoms with van der Waals surface area (Å²) >= 11 is 0. The number of rotatable bonds is 8. The minimum atomic E-state index is -0.173. The van der Waals surface area contributed by atoms with Gasteiger partial charge in [0.1, 0.15) is 0 Å². The van der Waals surface area contributed by atoms with Crippen LogP contribution in [0.1, 0.15) is 31.4 Å². The molecule has 2 N–H and O–H groups in total. The van der Waals surface area contributed by atoms with E-state index in [1.807, 2.05) is 38.2 Å². The first kappa shape index (κ1) is 20.6. The second-order valence-electron chi connectivity index (χ2n) is 7.73. The molecular weight excluding hydrogens is 394 g/mol. The highest BCUT2D eigenvalue weighted by Crippen LogP contribution is 2.29. The van der Waals surface area contributed by atoms with E-state index in [9.17, 15) is 4.79 Å². The van der Waals surface area contributed by atoms with Gasteiger partial charge in [0, 0.05) is 29.8 Å². The lowest BCUT2D eigenvalue weighted by Crippen LogP contribution is -2.34. The minimum absolute atomic E-state index is 0.0662. The summed E-state index contributed by atoms with van der Waals surface area (Å²) in [5.41, 5.74) is 4.99. The molecule has 0 fully saturated rings. The predicted molar refractivity (Wildman–Crippen MR) is 120 cm³/mol. The molecule has 0 aliphatic carbocycles. The Morgan fingerprint density at radius 3 is 2.84 bits per heavy atom. The Bertz CT molecular complexity index is 1160. The number of amides is 1. The number of fused-ring (bicyclic) bond motifs is 1. The van der Waals surface area contributed by atoms with Crippen molar-refractivity contribution >= 4 is 28.2 Å². The van der Waals surface area contributed by atoms with Gasteiger partial charge in [0.25, 0.3) is 5.91 Å². The van der Waals surface area contributed by atoms with Crippen molar-refractivity contribution in [2.24, 2.45) is 10.2 Å². The van der Waals surface area contributed by atoms with Gasteiger partial charge in [-0.15, -0.1) is 0 Å². The quantitative estimate of drug-likeness (QED) is 0.585. The maximum atomic E-state index is 11.8. The largest absolute Gasteiger partial charge is 0.493 e. The molecule has 2 aromatic carbocycles. The number of aromatic amines is 1. The predicted octanol–water partition coefficient (Wildman–Crippen LogP) is 3.27. The van der Waals surface area contributed by atoms with Crippen molar-refractivity contribution in [2.75, 3.05) is 13.7 Å². The molecule has 1 aliphatic heterocycles. The second-order valence-corrected chi connectivity index (χ2v) is 7.73. The standard InChI is InChI=1S/C23H25N5O3/c1-14(2)25-23(29)13-31-21-7-5-16(10-22(21)30-3)20-11-18(26-28-20)9-15-4-6-19-17(8-15)12-24-27-19/h4-8,10,12,14H,9,11,13H2,1-3H3,(H,24,27)(H,25,29). The number of hydrogen-bond donors (Lipinski definition) is 2. The molecule has 4 rings (SSSR count). The van der Waals surface area contributed by atoms with Gasteiger partial charge in [-0.2, -0.15) is 15.3 Å². The van der Waals surface area contributed by atoms with Crippen molar-refractivity contribution in [1.82, 2.24) is 15.5 Å². The highest BCUT2D eigenvalue weighted by atomic mass is 16.5. The first-order valence-corrected chi connectivity index (χ1v) is 10.2. The summed E-state index contributed by atoms with van der Waals surface area (Å²) in [5.74, 6) is 0.891. The molecule has 160 valence electrons. The normalized spacial score (nSPS) is 13.3. The summed E-state index contributed by atoms with van der Waals surface area (Å²) in [6, 6.07) is 11.9. The molecule has 1 aliphatic rings. The van der Waals surface area contributed by atoms with Gasteiger partial charge in [0.2, 0.25) is 0 Å². The zero-order chi connectivity index (χ0) is 21.8. The van der Waals surface area contributed by atoms with Gasteiger partial charge in [0.15, 0.2) is 18.1 Å². The van der Waals surface area contributed by atoms with Crippen molar-refractivity contribution in [3.8, 4) is 11.5 Å². The van der Waals surface area contributed by atoms with Gasteiger partial charge in [-0.05, 0) is 49.7 Å². The number of aromatic nitrogens is 2. The fourth-order valence-electron chi connectivity index (χ4n) is 3.46. The van der Waals surface area contributed by atoms with Crippen LogP contribution in [0.25, 0.3) is 10.9 Å². The van der Waals surface area contributed by atoms with Crippen molar-refractivity contribution in [3.05, 3.63) is 53.7 Å². The summed E-state index contributed by atoms with van der Waals surface area (Å²) in [6.45, 7) is 3.74. The molecule has 0 atom stereocenters. The second kappa shape index (κ2) is 8.99. The van der Waals surface area contributed by atoms with E-state index in [4.69, 9.17) is 9.47 Å². The molecule has 8 heteroatoms. The van der Waals surface area contributed by atoms with Gasteiger partial charge in [0.05, 0.1) is 30.2 Å². The third-order valence-corrected chi connectivity index (χ3v) is 4.90. The lowest BCUT2D eigenvalue weighted by molar-refractivity contribution is -0.123. The minimum Gasteiger partial charge on any atom is -0.493 e. The van der Waals surface area contributed by atoms with Crippen LogP contribution in [0.2, 0.25) is 0 Å². The molecule has 8 nitrogen and oxygen atoms in total. The Labute approximate surface area is 180 Å². The molecule has 1 aromatic heterocycles. The average Bonchev–Trinajstić information content (AvgIpc) is 3.41. The molecule has 0 saturated carbocycles. The van der Waals surface area contributed by atoms with Crippen molar-refractivity contribution in [2.45, 2.75) is 32.7 Å². The SMILES string of the molecule is COc1cc(C2=NN=C(Cc3ccc4[nH]ncc4c3)C2)ccc1OCC(=O)NC(C)C. The molecule has 0 unspecified atom stereocenters. The molecule has 0 spiro atoms. The van der Waals surface area contributed by atoms with Gasteiger partial charge in [-0.1, -0.05) is 6.07 Å². The first-order chi connectivity index (χ1) is 15.0. The lowest BCUT2D eigenvalue weighted by Gasteiger charge is -2.13. The molecule has 0 saturated heterocycles. The topological polar surface area (TPSA) is 101 Å². The van der Waals surface area contributed by atoms with Crippen LogP contribution in [0.5, 0.6) is 11.5 Å². The van der Waals surface area contributed by atoms with Crippen LogP contribution in [0, 0.1) is 0 Å². The summed E-state index contributed by atoms with van der Waals surface area (Å²) in [6.07, 6.45) is 3.22. The van der Waals surface area contributed by atoms with Gasteiger partial charge in [-0.3, -0.25) is 9.89 Å². The van der Waals surface area contributed by atoms with Gasteiger partial charge in [-0.25, -0.2) is 0 Å². The van der Waals surface area contributed by atoms with E-state index in [2.05, 4.69) is 37.8 Å². The van der Waals surface area contributed by atoms with E-state index in [1.54, 1.807) is 13.2 Å². The Kier molecular flexibility index (Phi) is 5.97. The van der Waals surface area contributed by atoms with Crippen molar-refractivity contribution in [3.63, 3.8) is 0 Å². The van der Waals surface area contributed by atoms with Gasteiger partial charge >= 0.3 is 0 Å². The third-order valence-electron chi connectivity index (χ3n) is 4.90. The van der Waals surface area contributed by atoms with Crippen LogP contribution in [-0.2, 0) is 11.2 Å². The number of nitrogens with one attached hydrogen (secondary N) is 2. The maximum Gasteiger partial charge on any atom is 0.258 e. The molecule has 31 heavy (non-hydrogen) atoms. The van der Waals surface area contributed by atoms with E-state index >= 15 is 0 Å². The van der Waals surface area contributed by atoms with E-state index in [0.29, 0.717) is 17.9 Å². The lowest BCUT2D eigenvalue weighted by atomic mass is 10.00. The first-order valence-electron chi connectivity index (χ1n) is 10.2. The van der Waals surface area contributed by atoms with E-state index in [-0.39, 0.29) is 18.6 Å². The Morgan fingerprint density at radius 1 is 1.16 bits per heavy atom. The van der Waals surface area contributed by atoms with E-state index in [1.165, 1.54) is 5.56 Å². The summed E-state index contributed by atoms with van der Waals surface area (Å²) in [4.78, 5) is 11.8. The fourth-order valence-corrected chi connectivity index (χ4v) is 3.46. The molecule has 2 heterocycles. The number of methoxy groups -OCH3 is 1. The molecule has 0 radical (unpaired) electrons. The van der Waals surface area contributed by atoms with Crippen LogP contribution in [0.3, 0.4) is 0 Å². The average molecular weight is 419 g/mol. The number of hydrogen-bond acceptors (Lipinski definition) is 6. The van der Waals surface area contributed by atoms with Crippen LogP contribution in [-0.4, -0.2) is 47.3 Å². The van der Waals surface area contributed by atoms with Crippen LogP contribution in [0.15, 0.2) is 52.8 Å². The van der Waals surface area contributed by atoms with Crippen LogP contribution >= 0.6 is 0 Å². The Balaban J connectivity index is 1.39. The smallest absolute Gasteiger partial charge is 0.258 e. The summed E-state index contributed by atoms with van der Waals surface area (Å²) in [5, 5.41) is 19.7. The number of ether oxygens (including phenoxy) is 2. The third kappa shape index (κ3) is 4.91.